The van der Waals surface area contributed by atoms with Crippen LogP contribution in [0, 0.1) is 0 Å². The Morgan fingerprint density at radius 1 is 1.40 bits per heavy atom. The molecule has 0 radical (unpaired) electrons. The minimum atomic E-state index is -0.924. The van der Waals surface area contributed by atoms with Crippen LogP contribution < -0.4 is 5.73 Å². The Morgan fingerprint density at radius 2 is 2.00 bits per heavy atom. The van der Waals surface area contributed by atoms with Crippen molar-refractivity contribution in [3.05, 3.63) is 24.5 Å². The molecule has 1 rings (SSSR count). The number of rotatable bonds is 3. The van der Waals surface area contributed by atoms with Gasteiger partial charge in [0.2, 0.25) is 0 Å². The molecule has 56 valence electrons. The van der Waals surface area contributed by atoms with Gasteiger partial charge in [0, 0.05) is 18.9 Å². The van der Waals surface area contributed by atoms with Crippen molar-refractivity contribution in [1.29, 1.82) is 0 Å². The molecule has 0 bridgehead atoms. The van der Waals surface area contributed by atoms with Crippen LogP contribution in [-0.2, 0) is 6.54 Å². The first-order chi connectivity index (χ1) is 4.83. The summed E-state index contributed by atoms with van der Waals surface area (Å²) in [5.41, 5.74) is 5.10. The summed E-state index contributed by atoms with van der Waals surface area (Å²) in [6, 6.07) is 3.73. The molecule has 10 heavy (non-hydrogen) atoms. The molecule has 0 aliphatic rings. The lowest BCUT2D eigenvalue weighted by molar-refractivity contribution is 0.303. The van der Waals surface area contributed by atoms with Crippen LogP contribution in [0.1, 0.15) is 0 Å². The maximum atomic E-state index is 12.5. The fourth-order valence-electron chi connectivity index (χ4n) is 0.795. The van der Waals surface area contributed by atoms with Crippen molar-refractivity contribution >= 4 is 0 Å². The molecular weight excluding hydrogens is 131 g/mol. The van der Waals surface area contributed by atoms with Crippen molar-refractivity contribution in [3.63, 3.8) is 0 Å². The van der Waals surface area contributed by atoms with Crippen molar-refractivity contribution in [3.8, 4) is 0 Å². The summed E-state index contributed by atoms with van der Waals surface area (Å²) in [4.78, 5) is 0. The lowest BCUT2D eigenvalue weighted by atomic mass is 10.4. The van der Waals surface area contributed by atoms with E-state index in [1.54, 1.807) is 4.57 Å². The van der Waals surface area contributed by atoms with Gasteiger partial charge in [-0.15, -0.1) is 0 Å². The summed E-state index contributed by atoms with van der Waals surface area (Å²) in [6.07, 6.45) is 2.72. The fourth-order valence-corrected chi connectivity index (χ4v) is 0.795. The van der Waals surface area contributed by atoms with Crippen LogP contribution in [0.4, 0.5) is 4.39 Å². The molecule has 1 atom stereocenters. The number of hydrogen-bond donors (Lipinski definition) is 1. The van der Waals surface area contributed by atoms with Gasteiger partial charge in [0.1, 0.15) is 6.17 Å². The molecule has 2 N–H and O–H groups in total. The van der Waals surface area contributed by atoms with Gasteiger partial charge >= 0.3 is 0 Å². The van der Waals surface area contributed by atoms with E-state index in [0.717, 1.165) is 0 Å². The summed E-state index contributed by atoms with van der Waals surface area (Å²) < 4.78 is 14.3. The van der Waals surface area contributed by atoms with E-state index in [0.29, 0.717) is 6.54 Å². The number of halogens is 1. The molecule has 0 fully saturated rings. The molecule has 0 saturated heterocycles. The highest BCUT2D eigenvalue weighted by Gasteiger charge is 2.01. The minimum absolute atomic E-state index is 0.0954. The first kappa shape index (κ1) is 7.28. The second-order valence-corrected chi connectivity index (χ2v) is 2.21. The molecule has 1 unspecified atom stereocenters. The van der Waals surface area contributed by atoms with Crippen LogP contribution in [0.15, 0.2) is 24.5 Å². The monoisotopic (exact) mass is 142 g/mol. The molecular formula is C7H11FN2. The summed E-state index contributed by atoms with van der Waals surface area (Å²) in [5.74, 6) is 0. The Morgan fingerprint density at radius 3 is 2.50 bits per heavy atom. The van der Waals surface area contributed by atoms with E-state index >= 15 is 0 Å². The Labute approximate surface area is 59.5 Å². The quantitative estimate of drug-likeness (QED) is 0.664. The topological polar surface area (TPSA) is 30.9 Å². The van der Waals surface area contributed by atoms with E-state index in [4.69, 9.17) is 5.73 Å². The van der Waals surface area contributed by atoms with Crippen molar-refractivity contribution in [2.75, 3.05) is 6.54 Å². The van der Waals surface area contributed by atoms with Gasteiger partial charge in [-0.3, -0.25) is 0 Å². The van der Waals surface area contributed by atoms with Gasteiger partial charge in [-0.2, -0.15) is 0 Å². The fraction of sp³-hybridized carbons (Fsp3) is 0.429. The van der Waals surface area contributed by atoms with Crippen LogP contribution in [0.2, 0.25) is 0 Å². The first-order valence-corrected chi connectivity index (χ1v) is 3.28. The lowest BCUT2D eigenvalue weighted by Gasteiger charge is -2.04. The molecule has 0 aliphatic heterocycles. The number of hydrogen-bond acceptors (Lipinski definition) is 1. The second kappa shape index (κ2) is 3.37. The Balaban J connectivity index is 2.40. The van der Waals surface area contributed by atoms with E-state index in [1.165, 1.54) is 0 Å². The molecule has 1 aromatic rings. The number of aromatic nitrogens is 1. The van der Waals surface area contributed by atoms with Crippen molar-refractivity contribution in [2.24, 2.45) is 5.73 Å². The zero-order valence-corrected chi connectivity index (χ0v) is 5.70. The molecule has 0 spiro atoms. The zero-order valence-electron chi connectivity index (χ0n) is 5.70. The minimum Gasteiger partial charge on any atom is -0.351 e. The summed E-state index contributed by atoms with van der Waals surface area (Å²) in [6.45, 7) is 0.460. The van der Waals surface area contributed by atoms with Crippen LogP contribution in [-0.4, -0.2) is 17.3 Å². The van der Waals surface area contributed by atoms with Gasteiger partial charge in [-0.1, -0.05) is 0 Å². The number of nitrogens with two attached hydrogens (primary N) is 1. The van der Waals surface area contributed by atoms with E-state index in [-0.39, 0.29) is 6.54 Å². The zero-order chi connectivity index (χ0) is 7.40. The van der Waals surface area contributed by atoms with Crippen LogP contribution in [0.3, 0.4) is 0 Å². The third-order valence-corrected chi connectivity index (χ3v) is 1.33. The number of nitrogens with zero attached hydrogens (tertiary/aromatic N) is 1. The molecule has 3 heteroatoms. The van der Waals surface area contributed by atoms with E-state index in [9.17, 15) is 4.39 Å². The highest BCUT2D eigenvalue weighted by molar-refractivity contribution is 4.90. The largest absolute Gasteiger partial charge is 0.351 e. The molecule has 1 aromatic heterocycles. The molecule has 0 saturated carbocycles. The molecule has 0 aromatic carbocycles. The van der Waals surface area contributed by atoms with Crippen molar-refractivity contribution < 1.29 is 4.39 Å². The second-order valence-electron chi connectivity index (χ2n) is 2.21. The predicted molar refractivity (Wildman–Crippen MR) is 38.4 cm³/mol. The first-order valence-electron chi connectivity index (χ1n) is 3.28. The van der Waals surface area contributed by atoms with Gasteiger partial charge in [0.15, 0.2) is 0 Å². The van der Waals surface area contributed by atoms with Crippen LogP contribution in [0.5, 0.6) is 0 Å². The molecule has 0 amide bonds. The van der Waals surface area contributed by atoms with E-state index in [2.05, 4.69) is 0 Å². The highest BCUT2D eigenvalue weighted by atomic mass is 19.1. The highest BCUT2D eigenvalue weighted by Crippen LogP contribution is 1.95. The maximum Gasteiger partial charge on any atom is 0.130 e. The van der Waals surface area contributed by atoms with Gasteiger partial charge in [0.25, 0.3) is 0 Å². The Kier molecular flexibility index (Phi) is 2.45. The van der Waals surface area contributed by atoms with Gasteiger partial charge in [-0.05, 0) is 12.1 Å². The molecule has 0 aliphatic carbocycles. The third-order valence-electron chi connectivity index (χ3n) is 1.33. The van der Waals surface area contributed by atoms with Gasteiger partial charge in [-0.25, -0.2) is 4.39 Å². The predicted octanol–water partition coefficient (Wildman–Crippen LogP) is 0.785. The lowest BCUT2D eigenvalue weighted by Crippen LogP contribution is -2.20. The molecule has 2 nitrogen and oxygen atoms in total. The SMILES string of the molecule is NCC(F)Cn1cccc1. The van der Waals surface area contributed by atoms with Crippen LogP contribution >= 0.6 is 0 Å². The standard InChI is InChI=1S/C7H11FN2/c8-7(5-9)6-10-3-1-2-4-10/h1-4,7H,5-6,9H2. The van der Waals surface area contributed by atoms with Gasteiger partial charge in [0.05, 0.1) is 6.54 Å². The van der Waals surface area contributed by atoms with E-state index < -0.39 is 6.17 Å². The van der Waals surface area contributed by atoms with Crippen molar-refractivity contribution in [2.45, 2.75) is 12.7 Å². The summed E-state index contributed by atoms with van der Waals surface area (Å²) in [7, 11) is 0. The summed E-state index contributed by atoms with van der Waals surface area (Å²) >= 11 is 0. The Hall–Kier alpha value is -0.830. The van der Waals surface area contributed by atoms with Crippen LogP contribution in [0.25, 0.3) is 0 Å². The smallest absolute Gasteiger partial charge is 0.130 e. The average Bonchev–Trinajstić information content (AvgIpc) is 2.40. The van der Waals surface area contributed by atoms with E-state index in [1.807, 2.05) is 24.5 Å². The normalized spacial score (nSPS) is 13.4. The maximum absolute atomic E-state index is 12.5. The average molecular weight is 142 g/mol. The Bertz CT molecular complexity index is 172. The van der Waals surface area contributed by atoms with Gasteiger partial charge < -0.3 is 10.3 Å². The van der Waals surface area contributed by atoms with Crippen molar-refractivity contribution in [1.82, 2.24) is 4.57 Å². The third kappa shape index (κ3) is 1.84. The number of alkyl halides is 1. The summed E-state index contributed by atoms with van der Waals surface area (Å²) in [5, 5.41) is 0. The molecule has 1 heterocycles.